The van der Waals surface area contributed by atoms with E-state index >= 15 is 0 Å². The lowest BCUT2D eigenvalue weighted by molar-refractivity contribution is 0.102. The van der Waals surface area contributed by atoms with Crippen LogP contribution in [-0.2, 0) is 0 Å². The number of carbonyl (C=O) groups excluding carboxylic acids is 1. The van der Waals surface area contributed by atoms with E-state index in [4.69, 9.17) is 0 Å². The minimum atomic E-state index is -0.173. The molecule has 1 amide bonds. The van der Waals surface area contributed by atoms with Gasteiger partial charge in [-0.2, -0.15) is 0 Å². The summed E-state index contributed by atoms with van der Waals surface area (Å²) < 4.78 is 0. The maximum atomic E-state index is 12.4. The Morgan fingerprint density at radius 1 is 1.41 bits per heavy atom. The minimum absolute atomic E-state index is 0.173. The van der Waals surface area contributed by atoms with Crippen LogP contribution < -0.4 is 5.32 Å². The number of nitrogens with zero attached hydrogens (tertiary/aromatic N) is 2. The Morgan fingerprint density at radius 2 is 2.23 bits per heavy atom. The van der Waals surface area contributed by atoms with E-state index in [9.17, 15) is 4.79 Å². The zero-order valence-corrected chi connectivity index (χ0v) is 13.4. The number of hydrogen-bond donors (Lipinski definition) is 1. The lowest BCUT2D eigenvalue weighted by Crippen LogP contribution is -2.15. The van der Waals surface area contributed by atoms with E-state index in [1.165, 1.54) is 24.2 Å². The van der Waals surface area contributed by atoms with Crippen LogP contribution in [0.2, 0.25) is 0 Å². The van der Waals surface area contributed by atoms with Crippen molar-refractivity contribution in [2.45, 2.75) is 32.6 Å². The van der Waals surface area contributed by atoms with Crippen molar-refractivity contribution in [3.8, 4) is 11.8 Å². The fraction of sp³-hybridized carbons (Fsp3) is 0.353. The van der Waals surface area contributed by atoms with E-state index in [2.05, 4.69) is 41.0 Å². The molecule has 0 aromatic carbocycles. The second kappa shape index (κ2) is 6.29. The lowest BCUT2D eigenvalue weighted by atomic mass is 9.99. The van der Waals surface area contributed by atoms with Crippen LogP contribution in [0.1, 0.15) is 53.4 Å². The molecule has 22 heavy (non-hydrogen) atoms. The third kappa shape index (κ3) is 3.52. The van der Waals surface area contributed by atoms with Crippen molar-refractivity contribution >= 4 is 22.4 Å². The molecule has 0 saturated heterocycles. The minimum Gasteiger partial charge on any atom is -0.298 e. The summed E-state index contributed by atoms with van der Waals surface area (Å²) in [6.45, 7) is 4.11. The average Bonchev–Trinajstić information content (AvgIpc) is 3.24. The van der Waals surface area contributed by atoms with E-state index in [-0.39, 0.29) is 11.8 Å². The van der Waals surface area contributed by atoms with Crippen LogP contribution in [0.15, 0.2) is 24.7 Å². The van der Waals surface area contributed by atoms with E-state index in [1.54, 1.807) is 18.6 Å². The Labute approximate surface area is 134 Å². The van der Waals surface area contributed by atoms with Gasteiger partial charge in [0.15, 0.2) is 5.13 Å². The molecule has 0 atom stereocenters. The van der Waals surface area contributed by atoms with Gasteiger partial charge < -0.3 is 0 Å². The second-order valence-corrected chi connectivity index (χ2v) is 6.68. The quantitative estimate of drug-likeness (QED) is 0.880. The summed E-state index contributed by atoms with van der Waals surface area (Å²) in [6.07, 6.45) is 7.43. The first-order valence-electron chi connectivity index (χ1n) is 7.36. The number of carbonyl (C=O) groups is 1. The lowest BCUT2D eigenvalue weighted by Gasteiger charge is -2.10. The topological polar surface area (TPSA) is 54.9 Å². The summed E-state index contributed by atoms with van der Waals surface area (Å²) in [4.78, 5) is 21.6. The molecule has 0 aliphatic heterocycles. The molecule has 0 unspecified atom stereocenters. The van der Waals surface area contributed by atoms with E-state index in [0.29, 0.717) is 16.6 Å². The average molecular weight is 311 g/mol. The van der Waals surface area contributed by atoms with Crippen molar-refractivity contribution in [3.05, 3.63) is 40.7 Å². The van der Waals surface area contributed by atoms with Gasteiger partial charge in [-0.15, -0.1) is 0 Å². The van der Waals surface area contributed by atoms with E-state index in [0.717, 1.165) is 10.4 Å². The Hall–Kier alpha value is -2.19. The molecule has 4 nitrogen and oxygen atoms in total. The van der Waals surface area contributed by atoms with Gasteiger partial charge in [-0.05, 0) is 30.4 Å². The van der Waals surface area contributed by atoms with Gasteiger partial charge in [-0.25, -0.2) is 4.98 Å². The largest absolute Gasteiger partial charge is 0.298 e. The third-order valence-electron chi connectivity index (χ3n) is 3.42. The smallest absolute Gasteiger partial charge is 0.259 e. The van der Waals surface area contributed by atoms with Crippen LogP contribution in [0.4, 0.5) is 5.13 Å². The first-order chi connectivity index (χ1) is 10.6. The molecule has 1 N–H and O–H groups in total. The van der Waals surface area contributed by atoms with Gasteiger partial charge in [0.25, 0.3) is 5.91 Å². The number of pyridine rings is 1. The number of hydrogen-bond acceptors (Lipinski definition) is 4. The maximum absolute atomic E-state index is 12.4. The Kier molecular flexibility index (Phi) is 4.21. The Morgan fingerprint density at radius 3 is 2.95 bits per heavy atom. The van der Waals surface area contributed by atoms with Gasteiger partial charge in [0.2, 0.25) is 0 Å². The molecular weight excluding hydrogens is 294 g/mol. The van der Waals surface area contributed by atoms with E-state index < -0.39 is 0 Å². The predicted octanol–water partition coefficient (Wildman–Crippen LogP) is 3.68. The molecule has 0 bridgehead atoms. The summed E-state index contributed by atoms with van der Waals surface area (Å²) >= 11 is 1.40. The number of aromatic nitrogens is 2. The number of anilines is 1. The first kappa shape index (κ1) is 14.7. The normalized spacial score (nSPS) is 13.6. The van der Waals surface area contributed by atoms with Crippen LogP contribution in [-0.4, -0.2) is 15.9 Å². The van der Waals surface area contributed by atoms with Gasteiger partial charge in [0, 0.05) is 18.3 Å². The first-order valence-corrected chi connectivity index (χ1v) is 8.17. The van der Waals surface area contributed by atoms with Gasteiger partial charge >= 0.3 is 0 Å². The third-order valence-corrected chi connectivity index (χ3v) is 4.25. The highest BCUT2D eigenvalue weighted by atomic mass is 32.1. The predicted molar refractivity (Wildman–Crippen MR) is 88.0 cm³/mol. The molecule has 1 aliphatic carbocycles. The summed E-state index contributed by atoms with van der Waals surface area (Å²) in [5.41, 5.74) is 1.58. The molecule has 1 fully saturated rings. The van der Waals surface area contributed by atoms with Gasteiger partial charge in [-0.1, -0.05) is 37.0 Å². The molecule has 112 valence electrons. The molecule has 3 rings (SSSR count). The van der Waals surface area contributed by atoms with Crippen molar-refractivity contribution in [1.29, 1.82) is 0 Å². The van der Waals surface area contributed by atoms with Crippen LogP contribution in [0, 0.1) is 17.8 Å². The zero-order chi connectivity index (χ0) is 15.5. The van der Waals surface area contributed by atoms with Crippen LogP contribution >= 0.6 is 11.3 Å². The SMILES string of the molecule is CC(C)c1ccncc1C(=O)Nc1ncc(C#CC2CC2)s1. The molecule has 0 radical (unpaired) electrons. The molecule has 5 heteroatoms. The van der Waals surface area contributed by atoms with Gasteiger partial charge in [-0.3, -0.25) is 15.1 Å². The van der Waals surface area contributed by atoms with Crippen molar-refractivity contribution in [3.63, 3.8) is 0 Å². The summed E-state index contributed by atoms with van der Waals surface area (Å²) in [6, 6.07) is 1.88. The van der Waals surface area contributed by atoms with E-state index in [1.807, 2.05) is 6.07 Å². The molecule has 1 saturated carbocycles. The number of amides is 1. The maximum Gasteiger partial charge on any atom is 0.259 e. The molecular formula is C17H17N3OS. The molecule has 1 aliphatic rings. The van der Waals surface area contributed by atoms with Gasteiger partial charge in [0.05, 0.1) is 16.6 Å². The molecule has 2 aromatic rings. The number of nitrogens with one attached hydrogen (secondary N) is 1. The summed E-state index contributed by atoms with van der Waals surface area (Å²) in [7, 11) is 0. The van der Waals surface area contributed by atoms with Crippen molar-refractivity contribution in [2.75, 3.05) is 5.32 Å². The number of thiazole rings is 1. The fourth-order valence-electron chi connectivity index (χ4n) is 2.05. The van der Waals surface area contributed by atoms with Crippen molar-refractivity contribution < 1.29 is 4.79 Å². The molecule has 2 aromatic heterocycles. The monoisotopic (exact) mass is 311 g/mol. The molecule has 0 spiro atoms. The molecule has 2 heterocycles. The Balaban J connectivity index is 1.73. The standard InChI is InChI=1S/C17H17N3OS/c1-11(2)14-7-8-18-10-15(14)16(21)20-17-19-9-13(22-17)6-5-12-3-4-12/h7-12H,3-4H2,1-2H3,(H,19,20,21). The second-order valence-electron chi connectivity index (χ2n) is 5.65. The highest BCUT2D eigenvalue weighted by Gasteiger charge is 2.18. The summed E-state index contributed by atoms with van der Waals surface area (Å²) in [5.74, 6) is 6.95. The Bertz CT molecular complexity index is 751. The highest BCUT2D eigenvalue weighted by Crippen LogP contribution is 2.28. The van der Waals surface area contributed by atoms with Crippen molar-refractivity contribution in [1.82, 2.24) is 9.97 Å². The van der Waals surface area contributed by atoms with Crippen LogP contribution in [0.5, 0.6) is 0 Å². The number of rotatable bonds is 3. The van der Waals surface area contributed by atoms with Crippen LogP contribution in [0.25, 0.3) is 0 Å². The van der Waals surface area contributed by atoms with Crippen LogP contribution in [0.3, 0.4) is 0 Å². The fourth-order valence-corrected chi connectivity index (χ4v) is 2.73. The van der Waals surface area contributed by atoms with Crippen molar-refractivity contribution in [2.24, 2.45) is 5.92 Å². The zero-order valence-electron chi connectivity index (χ0n) is 12.6. The highest BCUT2D eigenvalue weighted by molar-refractivity contribution is 7.16. The summed E-state index contributed by atoms with van der Waals surface area (Å²) in [5, 5.41) is 3.41. The van der Waals surface area contributed by atoms with Gasteiger partial charge in [0.1, 0.15) is 0 Å².